The third kappa shape index (κ3) is 3.57. The quantitative estimate of drug-likeness (QED) is 0.823. The lowest BCUT2D eigenvalue weighted by Gasteiger charge is -2.32. The van der Waals surface area contributed by atoms with Gasteiger partial charge in [0, 0.05) is 38.1 Å². The van der Waals surface area contributed by atoms with Crippen LogP contribution < -0.4 is 0 Å². The van der Waals surface area contributed by atoms with Gasteiger partial charge in [-0.25, -0.2) is 9.97 Å². The zero-order valence-corrected chi connectivity index (χ0v) is 12.5. The van der Waals surface area contributed by atoms with Crippen LogP contribution in [0.4, 0.5) is 0 Å². The molecule has 3 heterocycles. The molecule has 21 heavy (non-hydrogen) atoms. The van der Waals surface area contributed by atoms with E-state index < -0.39 is 0 Å². The molecule has 0 unspecified atom stereocenters. The molecule has 2 aliphatic rings. The standard InChI is InChI=1S/C15H22N4O2/c1-12-4-5-16-15(17-12)13-10-18(8-9-21-13)11-14(20)19-6-2-3-7-19/h4-5,13H,2-3,6-11H2,1H3/t13-/m0/s1. The fourth-order valence-corrected chi connectivity index (χ4v) is 2.88. The zero-order chi connectivity index (χ0) is 14.7. The molecule has 1 aromatic rings. The van der Waals surface area contributed by atoms with Crippen molar-refractivity contribution in [1.29, 1.82) is 0 Å². The Balaban J connectivity index is 1.59. The second kappa shape index (κ2) is 6.49. The first-order valence-electron chi connectivity index (χ1n) is 7.63. The second-order valence-corrected chi connectivity index (χ2v) is 5.74. The SMILES string of the molecule is Cc1ccnc([C@@H]2CN(CC(=O)N3CCCC3)CCO2)n1. The summed E-state index contributed by atoms with van der Waals surface area (Å²) in [6.45, 7) is 6.34. The van der Waals surface area contributed by atoms with Crippen molar-refractivity contribution in [1.82, 2.24) is 19.8 Å². The fraction of sp³-hybridized carbons (Fsp3) is 0.667. The van der Waals surface area contributed by atoms with Crippen LogP contribution >= 0.6 is 0 Å². The van der Waals surface area contributed by atoms with E-state index in [0.717, 1.165) is 38.2 Å². The van der Waals surface area contributed by atoms with Crippen molar-refractivity contribution in [3.05, 3.63) is 23.8 Å². The third-order valence-corrected chi connectivity index (χ3v) is 4.07. The lowest BCUT2D eigenvalue weighted by molar-refractivity contribution is -0.133. The topological polar surface area (TPSA) is 58.6 Å². The molecular weight excluding hydrogens is 268 g/mol. The molecule has 0 aromatic carbocycles. The van der Waals surface area contributed by atoms with Crippen molar-refractivity contribution in [2.45, 2.75) is 25.9 Å². The maximum absolute atomic E-state index is 12.2. The van der Waals surface area contributed by atoms with Gasteiger partial charge in [-0.2, -0.15) is 0 Å². The average Bonchev–Trinajstić information content (AvgIpc) is 3.02. The first-order valence-corrected chi connectivity index (χ1v) is 7.63. The lowest BCUT2D eigenvalue weighted by Crippen LogP contribution is -2.45. The first-order chi connectivity index (χ1) is 10.2. The highest BCUT2D eigenvalue weighted by Crippen LogP contribution is 2.19. The molecule has 6 heteroatoms. The van der Waals surface area contributed by atoms with E-state index in [-0.39, 0.29) is 12.0 Å². The summed E-state index contributed by atoms with van der Waals surface area (Å²) in [4.78, 5) is 25.1. The molecule has 0 N–H and O–H groups in total. The van der Waals surface area contributed by atoms with Gasteiger partial charge in [-0.3, -0.25) is 9.69 Å². The number of aryl methyl sites for hydroxylation is 1. The van der Waals surface area contributed by atoms with Gasteiger partial charge in [0.25, 0.3) is 0 Å². The van der Waals surface area contributed by atoms with Crippen LogP contribution in [0.5, 0.6) is 0 Å². The van der Waals surface area contributed by atoms with E-state index in [0.29, 0.717) is 25.5 Å². The summed E-state index contributed by atoms with van der Waals surface area (Å²) in [7, 11) is 0. The summed E-state index contributed by atoms with van der Waals surface area (Å²) in [5.41, 5.74) is 0.939. The predicted octanol–water partition coefficient (Wildman–Crippen LogP) is 0.781. The minimum absolute atomic E-state index is 0.134. The largest absolute Gasteiger partial charge is 0.368 e. The fourth-order valence-electron chi connectivity index (χ4n) is 2.88. The number of ether oxygens (including phenoxy) is 1. The van der Waals surface area contributed by atoms with Crippen LogP contribution in [0.3, 0.4) is 0 Å². The summed E-state index contributed by atoms with van der Waals surface area (Å²) in [6, 6.07) is 1.88. The van der Waals surface area contributed by atoms with Gasteiger partial charge in [-0.05, 0) is 25.8 Å². The normalized spacial score (nSPS) is 23.5. The molecule has 3 rings (SSSR count). The molecule has 0 aliphatic carbocycles. The molecule has 0 spiro atoms. The van der Waals surface area contributed by atoms with E-state index in [2.05, 4.69) is 14.9 Å². The number of carbonyl (C=O) groups excluding carboxylic acids is 1. The van der Waals surface area contributed by atoms with Crippen molar-refractivity contribution in [3.8, 4) is 0 Å². The molecule has 2 aliphatic heterocycles. The predicted molar refractivity (Wildman–Crippen MR) is 77.7 cm³/mol. The van der Waals surface area contributed by atoms with E-state index in [1.807, 2.05) is 17.9 Å². The zero-order valence-electron chi connectivity index (χ0n) is 12.5. The van der Waals surface area contributed by atoms with Gasteiger partial charge in [0.2, 0.25) is 5.91 Å². The summed E-state index contributed by atoms with van der Waals surface area (Å²) in [6.07, 6.45) is 3.89. The molecule has 2 fully saturated rings. The number of nitrogens with zero attached hydrogens (tertiary/aromatic N) is 4. The van der Waals surface area contributed by atoms with Gasteiger partial charge in [0.1, 0.15) is 6.10 Å². The number of morpholine rings is 1. The Bertz CT molecular complexity index is 502. The van der Waals surface area contributed by atoms with Gasteiger partial charge < -0.3 is 9.64 Å². The Morgan fingerprint density at radius 3 is 2.95 bits per heavy atom. The van der Waals surface area contributed by atoms with Crippen molar-refractivity contribution in [2.75, 3.05) is 39.3 Å². The average molecular weight is 290 g/mol. The molecule has 0 bridgehead atoms. The molecule has 114 valence electrons. The van der Waals surface area contributed by atoms with Crippen LogP contribution in [0.1, 0.15) is 30.5 Å². The Hall–Kier alpha value is -1.53. The van der Waals surface area contributed by atoms with E-state index in [4.69, 9.17) is 4.74 Å². The van der Waals surface area contributed by atoms with E-state index in [9.17, 15) is 4.79 Å². The Kier molecular flexibility index (Phi) is 4.45. The minimum atomic E-state index is -0.134. The van der Waals surface area contributed by atoms with Crippen molar-refractivity contribution < 1.29 is 9.53 Å². The molecule has 0 saturated carbocycles. The van der Waals surface area contributed by atoms with Crippen molar-refractivity contribution in [3.63, 3.8) is 0 Å². The van der Waals surface area contributed by atoms with Gasteiger partial charge in [-0.15, -0.1) is 0 Å². The van der Waals surface area contributed by atoms with Crippen LogP contribution in [0.15, 0.2) is 12.3 Å². The summed E-state index contributed by atoms with van der Waals surface area (Å²) < 4.78 is 5.76. The molecule has 6 nitrogen and oxygen atoms in total. The van der Waals surface area contributed by atoms with Crippen molar-refractivity contribution in [2.24, 2.45) is 0 Å². The molecule has 1 atom stereocenters. The van der Waals surface area contributed by atoms with Gasteiger partial charge in [0.15, 0.2) is 5.82 Å². The van der Waals surface area contributed by atoms with E-state index in [1.54, 1.807) is 6.20 Å². The molecule has 1 amide bonds. The Labute approximate surface area is 125 Å². The molecular formula is C15H22N4O2. The molecule has 1 aromatic heterocycles. The molecule has 2 saturated heterocycles. The summed E-state index contributed by atoms with van der Waals surface area (Å²) in [5, 5.41) is 0. The van der Waals surface area contributed by atoms with Crippen LogP contribution in [-0.2, 0) is 9.53 Å². The number of hydrogen-bond donors (Lipinski definition) is 0. The van der Waals surface area contributed by atoms with Crippen LogP contribution in [-0.4, -0.2) is 65.0 Å². The summed E-state index contributed by atoms with van der Waals surface area (Å²) in [5.74, 6) is 0.951. The number of aromatic nitrogens is 2. The van der Waals surface area contributed by atoms with Gasteiger partial charge >= 0.3 is 0 Å². The number of amides is 1. The Morgan fingerprint density at radius 1 is 1.38 bits per heavy atom. The van der Waals surface area contributed by atoms with Crippen LogP contribution in [0.25, 0.3) is 0 Å². The highest BCUT2D eigenvalue weighted by Gasteiger charge is 2.27. The number of hydrogen-bond acceptors (Lipinski definition) is 5. The second-order valence-electron chi connectivity index (χ2n) is 5.74. The summed E-state index contributed by atoms with van der Waals surface area (Å²) >= 11 is 0. The van der Waals surface area contributed by atoms with Gasteiger partial charge in [-0.1, -0.05) is 0 Å². The maximum atomic E-state index is 12.2. The number of carbonyl (C=O) groups is 1. The van der Waals surface area contributed by atoms with Crippen molar-refractivity contribution >= 4 is 5.91 Å². The maximum Gasteiger partial charge on any atom is 0.236 e. The third-order valence-electron chi connectivity index (χ3n) is 4.07. The Morgan fingerprint density at radius 2 is 2.19 bits per heavy atom. The smallest absolute Gasteiger partial charge is 0.236 e. The van der Waals surface area contributed by atoms with Gasteiger partial charge in [0.05, 0.1) is 13.2 Å². The van der Waals surface area contributed by atoms with Crippen LogP contribution in [0.2, 0.25) is 0 Å². The monoisotopic (exact) mass is 290 g/mol. The van der Waals surface area contributed by atoms with Crippen LogP contribution in [0, 0.1) is 6.92 Å². The highest BCUT2D eigenvalue weighted by atomic mass is 16.5. The first kappa shape index (κ1) is 14.4. The highest BCUT2D eigenvalue weighted by molar-refractivity contribution is 5.78. The minimum Gasteiger partial charge on any atom is -0.368 e. The van der Waals surface area contributed by atoms with E-state index >= 15 is 0 Å². The number of rotatable bonds is 3. The number of likely N-dealkylation sites (tertiary alicyclic amines) is 1. The molecule has 0 radical (unpaired) electrons. The lowest BCUT2D eigenvalue weighted by atomic mass is 10.2. The van der Waals surface area contributed by atoms with E-state index in [1.165, 1.54) is 0 Å².